The van der Waals surface area contributed by atoms with Gasteiger partial charge in [-0.05, 0) is 6.92 Å². The summed E-state index contributed by atoms with van der Waals surface area (Å²) >= 11 is 7.55. The Hall–Kier alpha value is 0.130. The minimum atomic E-state index is -1.35. The number of carboxylic acid groups (broad SMARTS) is 1. The molecule has 9 heavy (non-hydrogen) atoms. The molecule has 0 spiro atoms. The molecule has 0 bridgehead atoms. The van der Waals surface area contributed by atoms with Crippen LogP contribution in [0, 0.1) is 0 Å². The van der Waals surface area contributed by atoms with Gasteiger partial charge in [-0.15, -0.1) is 0 Å². The van der Waals surface area contributed by atoms with Crippen molar-refractivity contribution >= 4 is 31.2 Å². The van der Waals surface area contributed by atoms with Gasteiger partial charge >= 0.3 is 5.97 Å². The van der Waals surface area contributed by atoms with Crippen molar-refractivity contribution in [2.45, 2.75) is 17.0 Å². The standard InChI is InChI=1S/C4H9NO2S2/c1-4(5,2(6)7)3(8)9/h3,8-9H,5H2,1H3,(H,6,7). The van der Waals surface area contributed by atoms with Crippen molar-refractivity contribution in [3.05, 3.63) is 0 Å². The number of carbonyl (C=O) groups is 1. The van der Waals surface area contributed by atoms with E-state index in [2.05, 4.69) is 25.3 Å². The second-order valence-corrected chi connectivity index (χ2v) is 3.40. The molecule has 5 heteroatoms. The lowest BCUT2D eigenvalue weighted by Gasteiger charge is -2.21. The zero-order valence-corrected chi connectivity index (χ0v) is 6.69. The van der Waals surface area contributed by atoms with E-state index in [9.17, 15) is 4.79 Å². The number of hydrogen-bond donors (Lipinski definition) is 4. The molecule has 0 heterocycles. The van der Waals surface area contributed by atoms with E-state index in [4.69, 9.17) is 10.8 Å². The molecule has 0 amide bonds. The van der Waals surface area contributed by atoms with Crippen LogP contribution in [0.4, 0.5) is 0 Å². The molecule has 3 nitrogen and oxygen atoms in total. The highest BCUT2D eigenvalue weighted by Gasteiger charge is 2.32. The molecule has 0 aromatic rings. The summed E-state index contributed by atoms with van der Waals surface area (Å²) in [4.78, 5) is 10.2. The van der Waals surface area contributed by atoms with E-state index in [0.29, 0.717) is 0 Å². The van der Waals surface area contributed by atoms with Crippen molar-refractivity contribution in [3.8, 4) is 0 Å². The summed E-state index contributed by atoms with van der Waals surface area (Å²) in [5, 5.41) is 8.39. The third kappa shape index (κ3) is 2.08. The molecule has 0 aliphatic carbocycles. The smallest absolute Gasteiger partial charge is 0.325 e. The monoisotopic (exact) mass is 167 g/mol. The third-order valence-corrected chi connectivity index (χ3v) is 2.07. The van der Waals surface area contributed by atoms with Gasteiger partial charge in [-0.25, -0.2) is 0 Å². The Morgan fingerprint density at radius 1 is 1.78 bits per heavy atom. The van der Waals surface area contributed by atoms with Crippen LogP contribution in [-0.2, 0) is 4.79 Å². The van der Waals surface area contributed by atoms with Gasteiger partial charge in [0.15, 0.2) is 0 Å². The first-order valence-electron chi connectivity index (χ1n) is 2.27. The first-order valence-corrected chi connectivity index (χ1v) is 3.30. The minimum absolute atomic E-state index is 0.644. The lowest BCUT2D eigenvalue weighted by molar-refractivity contribution is -0.141. The summed E-state index contributed by atoms with van der Waals surface area (Å²) in [5.41, 5.74) is 3.90. The van der Waals surface area contributed by atoms with Crippen LogP contribution in [-0.4, -0.2) is 21.2 Å². The van der Waals surface area contributed by atoms with Gasteiger partial charge in [-0.1, -0.05) is 0 Å². The lowest BCUT2D eigenvalue weighted by Crippen LogP contribution is -2.50. The molecule has 0 saturated heterocycles. The second kappa shape index (κ2) is 2.81. The molecule has 3 N–H and O–H groups in total. The number of carboxylic acids is 1. The topological polar surface area (TPSA) is 63.3 Å². The molecule has 0 rings (SSSR count). The first-order chi connectivity index (χ1) is 3.89. The van der Waals surface area contributed by atoms with Crippen LogP contribution in [0.15, 0.2) is 0 Å². The Labute approximate surface area is 64.4 Å². The van der Waals surface area contributed by atoms with Gasteiger partial charge in [-0.2, -0.15) is 25.3 Å². The zero-order chi connectivity index (χ0) is 7.65. The van der Waals surface area contributed by atoms with Gasteiger partial charge in [0.2, 0.25) is 0 Å². The molecular weight excluding hydrogens is 158 g/mol. The van der Waals surface area contributed by atoms with Crippen molar-refractivity contribution in [2.75, 3.05) is 0 Å². The van der Waals surface area contributed by atoms with E-state index in [1.165, 1.54) is 6.92 Å². The maximum Gasteiger partial charge on any atom is 0.325 e. The molecule has 1 atom stereocenters. The number of thiol groups is 2. The second-order valence-electron chi connectivity index (χ2n) is 1.96. The molecule has 0 aliphatic rings. The molecule has 1 unspecified atom stereocenters. The largest absolute Gasteiger partial charge is 0.480 e. The average molecular weight is 167 g/mol. The fourth-order valence-electron chi connectivity index (χ4n) is 0.110. The third-order valence-electron chi connectivity index (χ3n) is 0.997. The molecule has 0 aliphatic heterocycles. The molecule has 0 aromatic carbocycles. The van der Waals surface area contributed by atoms with E-state index >= 15 is 0 Å². The number of hydrogen-bond acceptors (Lipinski definition) is 4. The summed E-state index contributed by atoms with van der Waals surface area (Å²) in [6.07, 6.45) is 0. The number of aliphatic carboxylic acids is 1. The van der Waals surface area contributed by atoms with E-state index in [0.717, 1.165) is 0 Å². The van der Waals surface area contributed by atoms with Crippen LogP contribution in [0.25, 0.3) is 0 Å². The highest BCUT2D eigenvalue weighted by atomic mass is 32.2. The Balaban J connectivity index is 4.19. The Morgan fingerprint density at radius 3 is 2.11 bits per heavy atom. The SMILES string of the molecule is CC(N)(C(=O)O)C(S)S. The average Bonchev–Trinajstić information content (AvgIpc) is 1.65. The lowest BCUT2D eigenvalue weighted by atomic mass is 10.1. The number of nitrogens with two attached hydrogens (primary N) is 1. The summed E-state index contributed by atoms with van der Waals surface area (Å²) in [5.74, 6) is -1.10. The highest BCUT2D eigenvalue weighted by Crippen LogP contribution is 2.15. The van der Waals surface area contributed by atoms with E-state index in [1.807, 2.05) is 0 Å². The maximum absolute atomic E-state index is 10.2. The molecular formula is C4H9NO2S2. The summed E-state index contributed by atoms with van der Waals surface area (Å²) in [6, 6.07) is 0. The van der Waals surface area contributed by atoms with Crippen LogP contribution < -0.4 is 5.73 Å². The van der Waals surface area contributed by atoms with Crippen molar-refractivity contribution in [1.29, 1.82) is 0 Å². The van der Waals surface area contributed by atoms with Crippen molar-refractivity contribution in [1.82, 2.24) is 0 Å². The quantitative estimate of drug-likeness (QED) is 0.345. The molecule has 0 aromatic heterocycles. The van der Waals surface area contributed by atoms with Gasteiger partial charge in [0, 0.05) is 0 Å². The summed E-state index contributed by atoms with van der Waals surface area (Å²) in [6.45, 7) is 1.36. The van der Waals surface area contributed by atoms with E-state index < -0.39 is 16.1 Å². The Kier molecular flexibility index (Phi) is 2.85. The predicted molar refractivity (Wildman–Crippen MR) is 42.0 cm³/mol. The zero-order valence-electron chi connectivity index (χ0n) is 4.90. The van der Waals surface area contributed by atoms with E-state index in [1.54, 1.807) is 0 Å². The number of rotatable bonds is 2. The van der Waals surface area contributed by atoms with Crippen LogP contribution in [0.3, 0.4) is 0 Å². The molecule has 54 valence electrons. The Bertz CT molecular complexity index is 124. The molecule has 0 radical (unpaired) electrons. The molecule has 0 saturated carbocycles. The van der Waals surface area contributed by atoms with Crippen LogP contribution in [0.2, 0.25) is 0 Å². The van der Waals surface area contributed by atoms with Gasteiger partial charge in [0.25, 0.3) is 0 Å². The first kappa shape index (κ1) is 9.13. The predicted octanol–water partition coefficient (Wildman–Crippen LogP) is -0.0259. The van der Waals surface area contributed by atoms with Gasteiger partial charge in [0.1, 0.15) is 5.54 Å². The van der Waals surface area contributed by atoms with E-state index in [-0.39, 0.29) is 0 Å². The van der Waals surface area contributed by atoms with Gasteiger partial charge < -0.3 is 10.8 Å². The normalized spacial score (nSPS) is 17.4. The summed E-state index contributed by atoms with van der Waals surface area (Å²) < 4.78 is -0.644. The molecule has 0 fully saturated rings. The summed E-state index contributed by atoms with van der Waals surface area (Å²) in [7, 11) is 0. The fourth-order valence-corrected chi connectivity index (χ4v) is 0.331. The van der Waals surface area contributed by atoms with Crippen LogP contribution in [0.1, 0.15) is 6.92 Å². The fraction of sp³-hybridized carbons (Fsp3) is 0.750. The highest BCUT2D eigenvalue weighted by molar-refractivity contribution is 7.99. The maximum atomic E-state index is 10.2. The van der Waals surface area contributed by atoms with Crippen LogP contribution >= 0.6 is 25.3 Å². The van der Waals surface area contributed by atoms with Crippen molar-refractivity contribution in [3.63, 3.8) is 0 Å². The minimum Gasteiger partial charge on any atom is -0.480 e. The van der Waals surface area contributed by atoms with Crippen molar-refractivity contribution < 1.29 is 9.90 Å². The Morgan fingerprint density at radius 2 is 2.11 bits per heavy atom. The van der Waals surface area contributed by atoms with Crippen molar-refractivity contribution in [2.24, 2.45) is 5.73 Å². The van der Waals surface area contributed by atoms with Crippen LogP contribution in [0.5, 0.6) is 0 Å². The van der Waals surface area contributed by atoms with Gasteiger partial charge in [0.05, 0.1) is 4.58 Å². The van der Waals surface area contributed by atoms with Gasteiger partial charge in [-0.3, -0.25) is 4.79 Å².